The molecule has 7 heteroatoms. The Labute approximate surface area is 167 Å². The van der Waals surface area contributed by atoms with Gasteiger partial charge in [0.25, 0.3) is 0 Å². The van der Waals surface area contributed by atoms with Crippen molar-refractivity contribution in [3.05, 3.63) is 24.3 Å². The van der Waals surface area contributed by atoms with Gasteiger partial charge in [-0.15, -0.1) is 0 Å². The van der Waals surface area contributed by atoms with Crippen molar-refractivity contribution >= 4 is 40.5 Å². The van der Waals surface area contributed by atoms with Crippen LogP contribution in [-0.4, -0.2) is 48.0 Å². The first-order chi connectivity index (χ1) is 12.9. The maximum atomic E-state index is 12.0. The van der Waals surface area contributed by atoms with Crippen molar-refractivity contribution in [2.45, 2.75) is 40.0 Å². The lowest BCUT2D eigenvalue weighted by Gasteiger charge is -2.36. The van der Waals surface area contributed by atoms with Gasteiger partial charge in [-0.2, -0.15) is 0 Å². The maximum Gasteiger partial charge on any atom is 0.226 e. The van der Waals surface area contributed by atoms with Crippen LogP contribution in [0.5, 0.6) is 0 Å². The summed E-state index contributed by atoms with van der Waals surface area (Å²) in [5.74, 6) is 0.476. The lowest BCUT2D eigenvalue weighted by molar-refractivity contribution is -0.131. The van der Waals surface area contributed by atoms with E-state index in [0.29, 0.717) is 23.9 Å². The number of hydrogen-bond donors (Lipinski definition) is 2. The molecule has 1 saturated heterocycles. The quantitative estimate of drug-likeness (QED) is 0.731. The Hall–Kier alpha value is -2.15. The molecule has 1 aliphatic rings. The Kier molecular flexibility index (Phi) is 8.03. The van der Waals surface area contributed by atoms with Gasteiger partial charge >= 0.3 is 0 Å². The Bertz CT molecular complexity index is 652. The van der Waals surface area contributed by atoms with Crippen LogP contribution >= 0.6 is 12.2 Å². The van der Waals surface area contributed by atoms with Crippen molar-refractivity contribution in [1.82, 2.24) is 10.2 Å². The van der Waals surface area contributed by atoms with Gasteiger partial charge in [-0.1, -0.05) is 20.8 Å². The van der Waals surface area contributed by atoms with Crippen LogP contribution in [0.15, 0.2) is 24.3 Å². The Balaban J connectivity index is 1.82. The average Bonchev–Trinajstić information content (AvgIpc) is 2.62. The zero-order valence-corrected chi connectivity index (χ0v) is 17.3. The largest absolute Gasteiger partial charge is 0.368 e. The second-order valence-corrected chi connectivity index (χ2v) is 7.67. The summed E-state index contributed by atoms with van der Waals surface area (Å²) in [6, 6.07) is 7.96. The van der Waals surface area contributed by atoms with E-state index in [2.05, 4.69) is 15.5 Å². The summed E-state index contributed by atoms with van der Waals surface area (Å²) in [7, 11) is 0. The van der Waals surface area contributed by atoms with Crippen LogP contribution in [0.4, 0.5) is 11.4 Å². The molecule has 2 amide bonds. The first-order valence-electron chi connectivity index (χ1n) is 9.62. The molecular formula is C20H30N4O2S. The van der Waals surface area contributed by atoms with E-state index in [1.54, 1.807) is 0 Å². The molecule has 27 heavy (non-hydrogen) atoms. The number of carbonyl (C=O) groups is 2. The van der Waals surface area contributed by atoms with Gasteiger partial charge in [0.2, 0.25) is 11.8 Å². The summed E-state index contributed by atoms with van der Waals surface area (Å²) in [5, 5.41) is 6.05. The average molecular weight is 391 g/mol. The van der Waals surface area contributed by atoms with E-state index >= 15 is 0 Å². The third-order valence-corrected chi connectivity index (χ3v) is 4.64. The number of nitrogens with one attached hydrogen (secondary N) is 2. The van der Waals surface area contributed by atoms with E-state index in [1.165, 1.54) is 0 Å². The Morgan fingerprint density at radius 2 is 1.74 bits per heavy atom. The SMILES string of the molecule is CCCC(=O)N1CCN(c2ccc(NC(=S)NC(=O)CC(C)C)cc2)CC1. The molecular weight excluding hydrogens is 360 g/mol. The minimum Gasteiger partial charge on any atom is -0.368 e. The molecule has 1 aliphatic heterocycles. The summed E-state index contributed by atoms with van der Waals surface area (Å²) in [5.41, 5.74) is 1.96. The molecule has 0 aromatic heterocycles. The highest BCUT2D eigenvalue weighted by atomic mass is 32.1. The molecule has 0 radical (unpaired) electrons. The molecule has 0 unspecified atom stereocenters. The van der Waals surface area contributed by atoms with E-state index in [-0.39, 0.29) is 11.8 Å². The number of anilines is 2. The van der Waals surface area contributed by atoms with Gasteiger partial charge in [-0.25, -0.2) is 0 Å². The van der Waals surface area contributed by atoms with Crippen molar-refractivity contribution in [1.29, 1.82) is 0 Å². The zero-order chi connectivity index (χ0) is 19.8. The monoisotopic (exact) mass is 390 g/mol. The number of carbonyl (C=O) groups excluding carboxylic acids is 2. The molecule has 2 rings (SSSR count). The summed E-state index contributed by atoms with van der Waals surface area (Å²) in [6.45, 7) is 9.24. The van der Waals surface area contributed by atoms with Gasteiger partial charge in [0.1, 0.15) is 0 Å². The number of piperazine rings is 1. The minimum absolute atomic E-state index is 0.0744. The van der Waals surface area contributed by atoms with Gasteiger partial charge in [0.15, 0.2) is 5.11 Å². The fraction of sp³-hybridized carbons (Fsp3) is 0.550. The highest BCUT2D eigenvalue weighted by molar-refractivity contribution is 7.80. The van der Waals surface area contributed by atoms with E-state index < -0.39 is 0 Å². The van der Waals surface area contributed by atoms with Gasteiger partial charge < -0.3 is 20.4 Å². The van der Waals surface area contributed by atoms with Crippen LogP contribution < -0.4 is 15.5 Å². The molecule has 1 heterocycles. The molecule has 0 bridgehead atoms. The van der Waals surface area contributed by atoms with E-state index in [0.717, 1.165) is 44.0 Å². The molecule has 0 spiro atoms. The van der Waals surface area contributed by atoms with Gasteiger partial charge in [0.05, 0.1) is 0 Å². The van der Waals surface area contributed by atoms with E-state index in [4.69, 9.17) is 12.2 Å². The van der Waals surface area contributed by atoms with Crippen molar-refractivity contribution in [3.8, 4) is 0 Å². The fourth-order valence-corrected chi connectivity index (χ4v) is 3.28. The van der Waals surface area contributed by atoms with E-state index in [1.807, 2.05) is 49.9 Å². The molecule has 1 aromatic rings. The van der Waals surface area contributed by atoms with Crippen molar-refractivity contribution in [2.75, 3.05) is 36.4 Å². The molecule has 0 saturated carbocycles. The number of benzene rings is 1. The maximum absolute atomic E-state index is 12.0. The van der Waals surface area contributed by atoms with E-state index in [9.17, 15) is 9.59 Å². The number of thiocarbonyl (C=S) groups is 1. The van der Waals surface area contributed by atoms with Crippen LogP contribution in [0.25, 0.3) is 0 Å². The number of amides is 2. The third kappa shape index (κ3) is 6.82. The Morgan fingerprint density at radius 1 is 1.11 bits per heavy atom. The Morgan fingerprint density at radius 3 is 2.30 bits per heavy atom. The number of nitrogens with zero attached hydrogens (tertiary/aromatic N) is 2. The second-order valence-electron chi connectivity index (χ2n) is 7.26. The summed E-state index contributed by atoms with van der Waals surface area (Å²) >= 11 is 5.19. The van der Waals surface area contributed by atoms with Gasteiger partial charge in [0, 0.05) is 50.4 Å². The summed E-state index contributed by atoms with van der Waals surface area (Å²) in [6.07, 6.45) is 1.98. The highest BCUT2D eigenvalue weighted by Crippen LogP contribution is 2.20. The molecule has 0 aliphatic carbocycles. The standard InChI is InChI=1S/C20H30N4O2S/c1-4-5-19(26)24-12-10-23(11-13-24)17-8-6-16(7-9-17)21-20(27)22-18(25)14-15(2)3/h6-9,15H,4-5,10-14H2,1-3H3,(H2,21,22,25,27). The van der Waals surface area contributed by atoms with Crippen molar-refractivity contribution < 1.29 is 9.59 Å². The summed E-state index contributed by atoms with van der Waals surface area (Å²) in [4.78, 5) is 28.0. The fourth-order valence-electron chi connectivity index (χ4n) is 3.05. The smallest absolute Gasteiger partial charge is 0.226 e. The molecule has 1 aromatic carbocycles. The predicted molar refractivity (Wildman–Crippen MR) is 114 cm³/mol. The molecule has 2 N–H and O–H groups in total. The van der Waals surface area contributed by atoms with Crippen LogP contribution in [-0.2, 0) is 9.59 Å². The van der Waals surface area contributed by atoms with Crippen molar-refractivity contribution in [2.24, 2.45) is 5.92 Å². The predicted octanol–water partition coefficient (Wildman–Crippen LogP) is 2.99. The molecule has 0 atom stereocenters. The topological polar surface area (TPSA) is 64.7 Å². The normalized spacial score (nSPS) is 14.2. The van der Waals surface area contributed by atoms with Crippen LogP contribution in [0.1, 0.15) is 40.0 Å². The molecule has 6 nitrogen and oxygen atoms in total. The minimum atomic E-state index is -0.0744. The zero-order valence-electron chi connectivity index (χ0n) is 16.5. The molecule has 1 fully saturated rings. The first kappa shape index (κ1) is 21.2. The lowest BCUT2D eigenvalue weighted by Crippen LogP contribution is -2.48. The highest BCUT2D eigenvalue weighted by Gasteiger charge is 2.20. The number of hydrogen-bond acceptors (Lipinski definition) is 4. The van der Waals surface area contributed by atoms with Crippen LogP contribution in [0, 0.1) is 5.92 Å². The van der Waals surface area contributed by atoms with Crippen LogP contribution in [0.3, 0.4) is 0 Å². The third-order valence-electron chi connectivity index (χ3n) is 4.43. The van der Waals surface area contributed by atoms with Crippen molar-refractivity contribution in [3.63, 3.8) is 0 Å². The van der Waals surface area contributed by atoms with Crippen LogP contribution in [0.2, 0.25) is 0 Å². The lowest BCUT2D eigenvalue weighted by atomic mass is 10.1. The first-order valence-corrected chi connectivity index (χ1v) is 10.0. The molecule has 148 valence electrons. The summed E-state index contributed by atoms with van der Waals surface area (Å²) < 4.78 is 0. The second kappa shape index (κ2) is 10.3. The van der Waals surface area contributed by atoms with Gasteiger partial charge in [-0.3, -0.25) is 9.59 Å². The number of rotatable bonds is 6. The van der Waals surface area contributed by atoms with Gasteiger partial charge in [-0.05, 0) is 48.8 Å².